The molecule has 1 aromatic heterocycles. The van der Waals surface area contributed by atoms with Gasteiger partial charge in [0.1, 0.15) is 4.90 Å². The minimum Gasteiger partial charge on any atom is -0.348 e. The Bertz CT molecular complexity index is 593. The van der Waals surface area contributed by atoms with E-state index in [1.165, 1.54) is 6.92 Å². The molecule has 0 aromatic carbocycles. The van der Waals surface area contributed by atoms with Crippen molar-refractivity contribution in [2.24, 2.45) is 11.1 Å². The summed E-state index contributed by atoms with van der Waals surface area (Å²) in [6.07, 6.45) is 2.92. The van der Waals surface area contributed by atoms with Gasteiger partial charge in [0.15, 0.2) is 5.69 Å². The van der Waals surface area contributed by atoms with Crippen molar-refractivity contribution in [2.75, 3.05) is 0 Å². The van der Waals surface area contributed by atoms with E-state index < -0.39 is 15.9 Å². The number of aromatic amines is 1. The Kier molecular flexibility index (Phi) is 5.91. The lowest BCUT2D eigenvalue weighted by atomic mass is 10.0. The fourth-order valence-corrected chi connectivity index (χ4v) is 3.00. The zero-order valence-electron chi connectivity index (χ0n) is 12.9. The maximum atomic E-state index is 12.1. The summed E-state index contributed by atoms with van der Waals surface area (Å²) in [5, 5.41) is 14.1. The van der Waals surface area contributed by atoms with Gasteiger partial charge in [0.2, 0.25) is 10.0 Å². The average molecular weight is 316 g/mol. The lowest BCUT2D eigenvalue weighted by Crippen LogP contribution is -2.34. The Morgan fingerprint density at radius 3 is 2.48 bits per heavy atom. The summed E-state index contributed by atoms with van der Waals surface area (Å²) in [6.45, 7) is 7.69. The van der Waals surface area contributed by atoms with Crippen molar-refractivity contribution >= 4 is 15.9 Å². The molecule has 0 saturated heterocycles. The highest BCUT2D eigenvalue weighted by Gasteiger charge is 2.26. The van der Waals surface area contributed by atoms with E-state index in [-0.39, 0.29) is 22.3 Å². The number of aryl methyl sites for hydroxylation is 1. The molecule has 7 nitrogen and oxygen atoms in total. The monoisotopic (exact) mass is 316 g/mol. The molecule has 1 heterocycles. The number of nitrogens with one attached hydrogen (secondary N) is 2. The van der Waals surface area contributed by atoms with Gasteiger partial charge in [-0.1, -0.05) is 26.7 Å². The summed E-state index contributed by atoms with van der Waals surface area (Å²) in [4.78, 5) is 11.9. The Morgan fingerprint density at radius 1 is 1.33 bits per heavy atom. The number of amides is 1. The molecule has 0 saturated carbocycles. The van der Waals surface area contributed by atoms with Crippen molar-refractivity contribution in [1.29, 1.82) is 0 Å². The molecular weight excluding hydrogens is 292 g/mol. The first kappa shape index (κ1) is 17.6. The average Bonchev–Trinajstić information content (AvgIpc) is 2.70. The minimum atomic E-state index is -3.98. The number of sulfonamides is 1. The second kappa shape index (κ2) is 7.04. The first-order valence-corrected chi connectivity index (χ1v) is 8.56. The van der Waals surface area contributed by atoms with Crippen molar-refractivity contribution in [3.05, 3.63) is 11.4 Å². The predicted octanol–water partition coefficient (Wildman–Crippen LogP) is 1.31. The van der Waals surface area contributed by atoms with Crippen LogP contribution in [0.1, 0.15) is 56.2 Å². The van der Waals surface area contributed by atoms with Crippen molar-refractivity contribution in [3.63, 3.8) is 0 Å². The Hall–Kier alpha value is -1.41. The molecule has 1 unspecified atom stereocenters. The first-order chi connectivity index (χ1) is 9.62. The molecule has 0 bridgehead atoms. The Morgan fingerprint density at radius 2 is 1.95 bits per heavy atom. The predicted molar refractivity (Wildman–Crippen MR) is 80.3 cm³/mol. The first-order valence-electron chi connectivity index (χ1n) is 7.01. The molecule has 0 aliphatic rings. The van der Waals surface area contributed by atoms with Crippen LogP contribution in [-0.4, -0.2) is 30.6 Å². The van der Waals surface area contributed by atoms with E-state index in [1.807, 2.05) is 6.92 Å². The van der Waals surface area contributed by atoms with Crippen LogP contribution in [0.15, 0.2) is 4.90 Å². The van der Waals surface area contributed by atoms with Crippen LogP contribution in [0.4, 0.5) is 0 Å². The van der Waals surface area contributed by atoms with Gasteiger partial charge in [-0.3, -0.25) is 9.89 Å². The molecule has 1 aromatic rings. The highest BCUT2D eigenvalue weighted by Crippen LogP contribution is 2.16. The lowest BCUT2D eigenvalue weighted by molar-refractivity contribution is 0.0929. The zero-order chi connectivity index (χ0) is 16.2. The van der Waals surface area contributed by atoms with Crippen molar-refractivity contribution < 1.29 is 13.2 Å². The van der Waals surface area contributed by atoms with Gasteiger partial charge in [-0.25, -0.2) is 13.6 Å². The molecule has 0 fully saturated rings. The number of H-pyrrole nitrogens is 1. The second-order valence-corrected chi connectivity index (χ2v) is 7.27. The highest BCUT2D eigenvalue weighted by atomic mass is 32.2. The van der Waals surface area contributed by atoms with Crippen LogP contribution >= 0.6 is 0 Å². The SMILES string of the molecule is Cc1[nH]nc(C(=O)NC(C)CCCC(C)C)c1S(N)(=O)=O. The summed E-state index contributed by atoms with van der Waals surface area (Å²) in [6, 6.07) is -0.0541. The van der Waals surface area contributed by atoms with E-state index in [9.17, 15) is 13.2 Å². The van der Waals surface area contributed by atoms with Crippen molar-refractivity contribution in [3.8, 4) is 0 Å². The molecule has 0 radical (unpaired) electrons. The van der Waals surface area contributed by atoms with Gasteiger partial charge in [-0.2, -0.15) is 5.10 Å². The van der Waals surface area contributed by atoms with Gasteiger partial charge in [0.05, 0.1) is 5.69 Å². The molecule has 0 aliphatic heterocycles. The summed E-state index contributed by atoms with van der Waals surface area (Å²) >= 11 is 0. The summed E-state index contributed by atoms with van der Waals surface area (Å²) in [5.41, 5.74) is 0.0841. The number of hydrogen-bond acceptors (Lipinski definition) is 4. The molecule has 8 heteroatoms. The maximum Gasteiger partial charge on any atom is 0.273 e. The molecule has 1 atom stereocenters. The van der Waals surface area contributed by atoms with E-state index in [4.69, 9.17) is 5.14 Å². The quantitative estimate of drug-likeness (QED) is 0.702. The van der Waals surface area contributed by atoms with E-state index >= 15 is 0 Å². The third kappa shape index (κ3) is 5.13. The van der Waals surface area contributed by atoms with Crippen LogP contribution in [0.2, 0.25) is 0 Å². The number of aromatic nitrogens is 2. The molecule has 21 heavy (non-hydrogen) atoms. The number of primary sulfonamides is 1. The number of hydrogen-bond donors (Lipinski definition) is 3. The van der Waals surface area contributed by atoms with Crippen LogP contribution in [-0.2, 0) is 10.0 Å². The summed E-state index contributed by atoms with van der Waals surface area (Å²) in [5.74, 6) is 0.0938. The topological polar surface area (TPSA) is 118 Å². The molecular formula is C13H24N4O3S. The smallest absolute Gasteiger partial charge is 0.273 e. The standard InChI is InChI=1S/C13H24N4O3S/c1-8(2)6-5-7-9(3)15-13(18)11-12(21(14,19)20)10(4)16-17-11/h8-9H,5-7H2,1-4H3,(H,15,18)(H,16,17)(H2,14,19,20). The minimum absolute atomic E-state index is 0.0541. The molecule has 1 amide bonds. The second-order valence-electron chi connectivity index (χ2n) is 5.77. The van der Waals surface area contributed by atoms with Crippen LogP contribution in [0.3, 0.4) is 0 Å². The van der Waals surface area contributed by atoms with Crippen LogP contribution in [0.5, 0.6) is 0 Å². The van der Waals surface area contributed by atoms with Crippen LogP contribution in [0.25, 0.3) is 0 Å². The lowest BCUT2D eigenvalue weighted by Gasteiger charge is -2.14. The maximum absolute atomic E-state index is 12.1. The third-order valence-corrected chi connectivity index (χ3v) is 4.26. The number of nitrogens with zero attached hydrogens (tertiary/aromatic N) is 1. The van der Waals surface area contributed by atoms with Gasteiger partial charge in [-0.05, 0) is 26.2 Å². The van der Waals surface area contributed by atoms with Gasteiger partial charge in [0, 0.05) is 6.04 Å². The fraction of sp³-hybridized carbons (Fsp3) is 0.692. The highest BCUT2D eigenvalue weighted by molar-refractivity contribution is 7.89. The number of carbonyl (C=O) groups excluding carboxylic acids is 1. The molecule has 4 N–H and O–H groups in total. The van der Waals surface area contributed by atoms with Crippen LogP contribution in [0, 0.1) is 12.8 Å². The van der Waals surface area contributed by atoms with Gasteiger partial charge < -0.3 is 5.32 Å². The third-order valence-electron chi connectivity index (χ3n) is 3.19. The van der Waals surface area contributed by atoms with E-state index in [0.29, 0.717) is 5.92 Å². The normalized spacial score (nSPS) is 13.4. The van der Waals surface area contributed by atoms with E-state index in [0.717, 1.165) is 19.3 Å². The largest absolute Gasteiger partial charge is 0.348 e. The van der Waals surface area contributed by atoms with E-state index in [1.54, 1.807) is 0 Å². The summed E-state index contributed by atoms with van der Waals surface area (Å²) in [7, 11) is -3.98. The zero-order valence-corrected chi connectivity index (χ0v) is 13.8. The molecule has 0 aliphatic carbocycles. The fourth-order valence-electron chi connectivity index (χ4n) is 2.12. The van der Waals surface area contributed by atoms with Gasteiger partial charge in [-0.15, -0.1) is 0 Å². The Labute approximate surface area is 125 Å². The number of nitrogens with two attached hydrogens (primary N) is 1. The molecule has 1 rings (SSSR count). The Balaban J connectivity index is 2.73. The van der Waals surface area contributed by atoms with E-state index in [2.05, 4.69) is 29.4 Å². The van der Waals surface area contributed by atoms with Crippen molar-refractivity contribution in [2.45, 2.75) is 57.9 Å². The molecule has 0 spiro atoms. The van der Waals surface area contributed by atoms with Crippen molar-refractivity contribution in [1.82, 2.24) is 15.5 Å². The number of carbonyl (C=O) groups is 1. The molecule has 120 valence electrons. The summed E-state index contributed by atoms with van der Waals surface area (Å²) < 4.78 is 23.0. The van der Waals surface area contributed by atoms with Gasteiger partial charge >= 0.3 is 0 Å². The van der Waals surface area contributed by atoms with Gasteiger partial charge in [0.25, 0.3) is 5.91 Å². The van der Waals surface area contributed by atoms with Crippen LogP contribution < -0.4 is 10.5 Å². The number of rotatable bonds is 7.